The molecule has 4 heteroatoms. The second kappa shape index (κ2) is 9.11. The van der Waals surface area contributed by atoms with Gasteiger partial charge in [0.2, 0.25) is 0 Å². The van der Waals surface area contributed by atoms with Gasteiger partial charge in [-0.05, 0) is 0 Å². The normalized spacial score (nSPS) is 4.17. The molecule has 1 N–H and O–H groups in total. The van der Waals surface area contributed by atoms with Crippen molar-refractivity contribution in [1.29, 1.82) is 0 Å². The van der Waals surface area contributed by atoms with Gasteiger partial charge in [0, 0.05) is 6.92 Å². The van der Waals surface area contributed by atoms with Gasteiger partial charge >= 0.3 is 29.6 Å². The number of aliphatic carboxylic acids is 1. The van der Waals surface area contributed by atoms with Crippen LogP contribution in [0.1, 0.15) is 6.92 Å². The first-order chi connectivity index (χ1) is 1.73. The first-order valence-corrected chi connectivity index (χ1v) is 0.928. The Morgan fingerprint density at radius 1 is 1.67 bits per heavy atom. The van der Waals surface area contributed by atoms with Crippen molar-refractivity contribution in [2.45, 2.75) is 6.92 Å². The zero-order valence-electron chi connectivity index (χ0n) is 2.36. The van der Waals surface area contributed by atoms with E-state index in [0.29, 0.717) is 0 Å². The quantitative estimate of drug-likeness (QED) is 0.365. The minimum atomic E-state index is -0.833. The summed E-state index contributed by atoms with van der Waals surface area (Å²) in [5.41, 5.74) is 0. The third-order valence-electron chi connectivity index (χ3n) is 0. The molecule has 0 fully saturated rings. The summed E-state index contributed by atoms with van der Waals surface area (Å²) in [6, 6.07) is 0. The Morgan fingerprint density at radius 2 is 1.67 bits per heavy atom. The molecule has 0 aromatic heterocycles. The third kappa shape index (κ3) is 198. The summed E-state index contributed by atoms with van der Waals surface area (Å²) in [4.78, 5) is 9.00. The van der Waals surface area contributed by atoms with Crippen LogP contribution in [0.4, 0.5) is 0 Å². The fraction of sp³-hybridized carbons (Fsp3) is 0.500. The third-order valence-corrected chi connectivity index (χ3v) is 0. The van der Waals surface area contributed by atoms with Crippen LogP contribution in [0.3, 0.4) is 0 Å². The molecule has 0 aliphatic rings. The van der Waals surface area contributed by atoms with Crippen LogP contribution in [0, 0.1) is 0 Å². The van der Waals surface area contributed by atoms with E-state index in [1.807, 2.05) is 0 Å². The Balaban J connectivity index is -0.0000000450. The van der Waals surface area contributed by atoms with Crippen molar-refractivity contribution >= 4 is 43.9 Å². The van der Waals surface area contributed by atoms with Crippen LogP contribution in [0.2, 0.25) is 0 Å². The molecule has 0 heterocycles. The Hall–Kier alpha value is 0.535. The average Bonchev–Trinajstić information content (AvgIpc) is 0.811. The molecule has 6 heavy (non-hydrogen) atoms. The van der Waals surface area contributed by atoms with Crippen LogP contribution < -0.4 is 0 Å². The monoisotopic (exact) mass is 98.1 g/mol. The maximum absolute atomic E-state index is 9.00. The minimum absolute atomic E-state index is 0. The second-order valence-electron chi connectivity index (χ2n) is 0.519. The van der Waals surface area contributed by atoms with Crippen molar-refractivity contribution in [1.82, 2.24) is 0 Å². The summed E-state index contributed by atoms with van der Waals surface area (Å²) in [5, 5.41) is 7.42. The van der Waals surface area contributed by atoms with Crippen LogP contribution in [-0.4, -0.2) is 49.0 Å². The van der Waals surface area contributed by atoms with Crippen LogP contribution in [-0.2, 0) is 4.79 Å². The molecule has 0 unspecified atom stereocenters. The predicted octanol–water partition coefficient (Wildman–Crippen LogP) is -1.74. The molecule has 0 atom stereocenters. The fourth-order valence-electron chi connectivity index (χ4n) is 0. The molecule has 0 rings (SSSR count). The van der Waals surface area contributed by atoms with Crippen LogP contribution >= 0.6 is 0 Å². The van der Waals surface area contributed by atoms with Gasteiger partial charge in [0.05, 0.1) is 8.41 Å². The van der Waals surface area contributed by atoms with Gasteiger partial charge in [-0.25, -0.2) is 0 Å². The standard InChI is InChI=1S/C2H4O2.BH3.Na.H/c1-2(3)4;;;/h1H3,(H,3,4);1H3;;. The Morgan fingerprint density at radius 3 is 1.67 bits per heavy atom. The molecule has 2 nitrogen and oxygen atoms in total. The van der Waals surface area contributed by atoms with Crippen molar-refractivity contribution in [2.75, 3.05) is 0 Å². The SMILES string of the molecule is B.CC(=O)O.[NaH]. The van der Waals surface area contributed by atoms with Crippen molar-refractivity contribution in [3.05, 3.63) is 0 Å². The molecule has 0 radical (unpaired) electrons. The summed E-state index contributed by atoms with van der Waals surface area (Å²) in [5.74, 6) is -0.833. The van der Waals surface area contributed by atoms with E-state index in [2.05, 4.69) is 0 Å². The topological polar surface area (TPSA) is 37.3 Å². The van der Waals surface area contributed by atoms with Crippen molar-refractivity contribution in [3.63, 3.8) is 0 Å². The number of carboxylic acids is 1. The summed E-state index contributed by atoms with van der Waals surface area (Å²) in [7, 11) is 0. The molecular weight excluding hydrogens is 89.8 g/mol. The molecule has 0 saturated carbocycles. The molecule has 0 saturated heterocycles. The molecule has 0 aromatic rings. The van der Waals surface area contributed by atoms with E-state index in [9.17, 15) is 0 Å². The van der Waals surface area contributed by atoms with Crippen molar-refractivity contribution < 1.29 is 9.90 Å². The van der Waals surface area contributed by atoms with Gasteiger partial charge in [-0.15, -0.1) is 0 Å². The molecule has 0 spiro atoms. The Labute approximate surface area is 60.8 Å². The van der Waals surface area contributed by atoms with Gasteiger partial charge in [0.25, 0.3) is 5.97 Å². The molecule has 32 valence electrons. The van der Waals surface area contributed by atoms with E-state index in [1.165, 1.54) is 0 Å². The zero-order valence-corrected chi connectivity index (χ0v) is 2.36. The van der Waals surface area contributed by atoms with E-state index in [-0.39, 0.29) is 38.0 Å². The van der Waals surface area contributed by atoms with E-state index >= 15 is 0 Å². The van der Waals surface area contributed by atoms with Crippen molar-refractivity contribution in [3.8, 4) is 0 Å². The van der Waals surface area contributed by atoms with Gasteiger partial charge in [-0.1, -0.05) is 0 Å². The fourth-order valence-corrected chi connectivity index (χ4v) is 0. The molecule has 0 aliphatic heterocycles. The van der Waals surface area contributed by atoms with E-state index in [0.717, 1.165) is 6.92 Å². The predicted molar refractivity (Wildman–Crippen MR) is 30.4 cm³/mol. The average molecular weight is 97.9 g/mol. The summed E-state index contributed by atoms with van der Waals surface area (Å²) < 4.78 is 0. The maximum atomic E-state index is 9.00. The van der Waals surface area contributed by atoms with Crippen LogP contribution in [0.15, 0.2) is 0 Å². The first-order valence-electron chi connectivity index (χ1n) is 0.928. The molecule has 0 aliphatic carbocycles. The van der Waals surface area contributed by atoms with Gasteiger partial charge in [-0.3, -0.25) is 4.79 Å². The number of carbonyl (C=O) groups is 1. The molecular formula is C2H8BNaO2. The first kappa shape index (κ1) is 16.0. The number of hydrogen-bond donors (Lipinski definition) is 1. The molecule has 0 bridgehead atoms. The van der Waals surface area contributed by atoms with Gasteiger partial charge < -0.3 is 5.11 Å². The molecule has 0 aromatic carbocycles. The van der Waals surface area contributed by atoms with E-state index in [1.54, 1.807) is 0 Å². The summed E-state index contributed by atoms with van der Waals surface area (Å²) in [6.07, 6.45) is 0. The zero-order chi connectivity index (χ0) is 3.58. The van der Waals surface area contributed by atoms with Crippen LogP contribution in [0.5, 0.6) is 0 Å². The molecule has 0 amide bonds. The van der Waals surface area contributed by atoms with Crippen molar-refractivity contribution in [2.24, 2.45) is 0 Å². The van der Waals surface area contributed by atoms with Gasteiger partial charge in [0.15, 0.2) is 0 Å². The van der Waals surface area contributed by atoms with Crippen LogP contribution in [0.25, 0.3) is 0 Å². The summed E-state index contributed by atoms with van der Waals surface area (Å²) in [6.45, 7) is 1.08. The van der Waals surface area contributed by atoms with E-state index < -0.39 is 5.97 Å². The van der Waals surface area contributed by atoms with Gasteiger partial charge in [0.1, 0.15) is 0 Å². The Bertz CT molecular complexity index is 34.5. The second-order valence-corrected chi connectivity index (χ2v) is 0.519. The summed E-state index contributed by atoms with van der Waals surface area (Å²) >= 11 is 0. The Kier molecular flexibility index (Phi) is 24.3. The number of rotatable bonds is 0. The number of hydrogen-bond acceptors (Lipinski definition) is 1. The van der Waals surface area contributed by atoms with Gasteiger partial charge in [-0.2, -0.15) is 0 Å². The number of carboxylic acid groups (broad SMARTS) is 1. The van der Waals surface area contributed by atoms with E-state index in [4.69, 9.17) is 9.90 Å².